The van der Waals surface area contributed by atoms with Crippen molar-refractivity contribution < 1.29 is 9.52 Å². The van der Waals surface area contributed by atoms with Gasteiger partial charge in [-0.1, -0.05) is 19.1 Å². The molecule has 1 aromatic heterocycles. The highest BCUT2D eigenvalue weighted by Crippen LogP contribution is 2.27. The quantitative estimate of drug-likeness (QED) is 0.703. The van der Waals surface area contributed by atoms with Crippen molar-refractivity contribution in [3.63, 3.8) is 0 Å². The smallest absolute Gasteiger partial charge is 0.336 e. The first-order valence-corrected chi connectivity index (χ1v) is 8.07. The van der Waals surface area contributed by atoms with E-state index in [2.05, 4.69) is 23.5 Å². The van der Waals surface area contributed by atoms with Crippen molar-refractivity contribution in [2.75, 3.05) is 5.32 Å². The van der Waals surface area contributed by atoms with Gasteiger partial charge in [-0.3, -0.25) is 0 Å². The lowest BCUT2D eigenvalue weighted by Gasteiger charge is -2.12. The molecule has 2 aromatic carbocycles. The summed E-state index contributed by atoms with van der Waals surface area (Å²) in [6.07, 6.45) is 0.713. The first-order valence-electron chi connectivity index (χ1n) is 8.07. The normalized spacial score (nSPS) is 11.0. The molecule has 0 aliphatic carbocycles. The Balaban J connectivity index is 2.02. The summed E-state index contributed by atoms with van der Waals surface area (Å²) < 4.78 is 5.23. The number of hydrogen-bond acceptors (Lipinski definition) is 4. The van der Waals surface area contributed by atoms with E-state index in [9.17, 15) is 9.90 Å². The van der Waals surface area contributed by atoms with Crippen molar-refractivity contribution in [2.24, 2.45) is 0 Å². The summed E-state index contributed by atoms with van der Waals surface area (Å²) in [6.45, 7) is 6.59. The Morgan fingerprint density at radius 1 is 1.08 bits per heavy atom. The van der Waals surface area contributed by atoms with Crippen LogP contribution in [0.2, 0.25) is 0 Å². The molecular formula is C20H21NO3. The second-order valence-electron chi connectivity index (χ2n) is 6.09. The average Bonchev–Trinajstić information content (AvgIpc) is 2.54. The Morgan fingerprint density at radius 3 is 2.62 bits per heavy atom. The lowest BCUT2D eigenvalue weighted by atomic mass is 10.0. The minimum Gasteiger partial charge on any atom is -0.508 e. The molecule has 0 fully saturated rings. The largest absolute Gasteiger partial charge is 0.508 e. The molecule has 0 radical (unpaired) electrons. The number of aryl methyl sites for hydroxylation is 3. The van der Waals surface area contributed by atoms with E-state index < -0.39 is 5.63 Å². The Bertz CT molecular complexity index is 957. The van der Waals surface area contributed by atoms with Crippen molar-refractivity contribution in [2.45, 2.75) is 33.7 Å². The van der Waals surface area contributed by atoms with Crippen LogP contribution in [0.3, 0.4) is 0 Å². The Kier molecular flexibility index (Phi) is 4.30. The average molecular weight is 323 g/mol. The fourth-order valence-corrected chi connectivity index (χ4v) is 2.85. The lowest BCUT2D eigenvalue weighted by Crippen LogP contribution is -2.07. The second-order valence-corrected chi connectivity index (χ2v) is 6.09. The fourth-order valence-electron chi connectivity index (χ4n) is 2.85. The van der Waals surface area contributed by atoms with Gasteiger partial charge in [0.2, 0.25) is 0 Å². The first kappa shape index (κ1) is 16.1. The number of phenols is 1. The number of phenolic OH excluding ortho intramolecular Hbond substituents is 1. The molecule has 0 unspecified atom stereocenters. The molecule has 0 saturated heterocycles. The molecule has 0 bridgehead atoms. The zero-order chi connectivity index (χ0) is 17.3. The predicted molar refractivity (Wildman–Crippen MR) is 96.8 cm³/mol. The van der Waals surface area contributed by atoms with E-state index in [0.717, 1.165) is 27.8 Å². The molecule has 0 amide bonds. The van der Waals surface area contributed by atoms with Crippen LogP contribution in [0.4, 0.5) is 5.69 Å². The number of nitrogens with one attached hydrogen (secondary N) is 1. The van der Waals surface area contributed by atoms with E-state index in [4.69, 9.17) is 4.42 Å². The third-order valence-electron chi connectivity index (χ3n) is 4.27. The Morgan fingerprint density at radius 2 is 1.88 bits per heavy atom. The lowest BCUT2D eigenvalue weighted by molar-refractivity contribution is 0.466. The molecule has 4 nitrogen and oxygen atoms in total. The molecule has 24 heavy (non-hydrogen) atoms. The van der Waals surface area contributed by atoms with Crippen molar-refractivity contribution in [3.05, 3.63) is 69.1 Å². The third-order valence-corrected chi connectivity index (χ3v) is 4.27. The van der Waals surface area contributed by atoms with Crippen LogP contribution in [-0.4, -0.2) is 5.11 Å². The molecule has 2 N–H and O–H groups in total. The topological polar surface area (TPSA) is 62.5 Å². The molecule has 3 aromatic rings. The van der Waals surface area contributed by atoms with Crippen molar-refractivity contribution in [1.29, 1.82) is 0 Å². The van der Waals surface area contributed by atoms with E-state index >= 15 is 0 Å². The van der Waals surface area contributed by atoms with Crippen LogP contribution < -0.4 is 10.9 Å². The highest BCUT2D eigenvalue weighted by atomic mass is 16.4. The van der Waals surface area contributed by atoms with Gasteiger partial charge < -0.3 is 14.8 Å². The molecule has 3 rings (SSSR count). The van der Waals surface area contributed by atoms with Crippen molar-refractivity contribution in [1.82, 2.24) is 0 Å². The SMILES string of the molecule is CCc1cc2c(CNc3cc(C)ccc3C)cc(=O)oc2cc1O. The molecule has 0 spiro atoms. The summed E-state index contributed by atoms with van der Waals surface area (Å²) in [4.78, 5) is 11.8. The highest BCUT2D eigenvalue weighted by Gasteiger charge is 2.10. The van der Waals surface area contributed by atoms with Gasteiger partial charge in [0.15, 0.2) is 0 Å². The van der Waals surface area contributed by atoms with E-state index in [1.54, 1.807) is 0 Å². The van der Waals surface area contributed by atoms with E-state index in [1.807, 2.05) is 26.8 Å². The summed E-state index contributed by atoms with van der Waals surface area (Å²) in [5, 5.41) is 14.2. The maximum Gasteiger partial charge on any atom is 0.336 e. The molecule has 0 saturated carbocycles. The summed E-state index contributed by atoms with van der Waals surface area (Å²) >= 11 is 0. The number of anilines is 1. The van der Waals surface area contributed by atoms with Crippen molar-refractivity contribution in [3.8, 4) is 5.75 Å². The Labute approximate surface area is 140 Å². The van der Waals surface area contributed by atoms with Crippen LogP contribution in [-0.2, 0) is 13.0 Å². The van der Waals surface area contributed by atoms with Crippen LogP contribution in [0.15, 0.2) is 45.6 Å². The molecule has 0 aliphatic rings. The second kappa shape index (κ2) is 6.40. The van der Waals surface area contributed by atoms with E-state index in [0.29, 0.717) is 18.5 Å². The number of aromatic hydroxyl groups is 1. The van der Waals surface area contributed by atoms with Crippen molar-refractivity contribution >= 4 is 16.7 Å². The predicted octanol–water partition coefficient (Wildman–Crippen LogP) is 4.29. The van der Waals surface area contributed by atoms with Crippen LogP contribution in [0.1, 0.15) is 29.2 Å². The summed E-state index contributed by atoms with van der Waals surface area (Å²) in [5.74, 6) is 0.160. The minimum absolute atomic E-state index is 0.160. The van der Waals surface area contributed by atoms with E-state index in [-0.39, 0.29) is 5.75 Å². The minimum atomic E-state index is -0.413. The zero-order valence-corrected chi connectivity index (χ0v) is 14.1. The molecule has 124 valence electrons. The van der Waals surface area contributed by atoms with Gasteiger partial charge in [-0.25, -0.2) is 4.79 Å². The van der Waals surface area contributed by atoms with Crippen LogP contribution in [0, 0.1) is 13.8 Å². The van der Waals surface area contributed by atoms with Gasteiger partial charge in [-0.15, -0.1) is 0 Å². The highest BCUT2D eigenvalue weighted by molar-refractivity contribution is 5.83. The summed E-state index contributed by atoms with van der Waals surface area (Å²) in [5.41, 5.74) is 5.07. The molecule has 0 atom stereocenters. The van der Waals surface area contributed by atoms with Crippen LogP contribution in [0.5, 0.6) is 5.75 Å². The van der Waals surface area contributed by atoms with Gasteiger partial charge in [0.1, 0.15) is 11.3 Å². The zero-order valence-electron chi connectivity index (χ0n) is 14.1. The Hall–Kier alpha value is -2.75. The summed E-state index contributed by atoms with van der Waals surface area (Å²) in [7, 11) is 0. The van der Waals surface area contributed by atoms with Crippen LogP contribution >= 0.6 is 0 Å². The third kappa shape index (κ3) is 3.13. The maximum absolute atomic E-state index is 11.8. The molecule has 4 heteroatoms. The van der Waals surface area contributed by atoms with Gasteiger partial charge in [0.25, 0.3) is 0 Å². The number of rotatable bonds is 4. The number of benzene rings is 2. The molecule has 1 heterocycles. The van der Waals surface area contributed by atoms with Gasteiger partial charge in [-0.2, -0.15) is 0 Å². The molecule has 0 aliphatic heterocycles. The van der Waals surface area contributed by atoms with E-state index in [1.165, 1.54) is 17.7 Å². The number of hydrogen-bond donors (Lipinski definition) is 2. The van der Waals surface area contributed by atoms with Crippen LogP contribution in [0.25, 0.3) is 11.0 Å². The van der Waals surface area contributed by atoms with Gasteiger partial charge in [0, 0.05) is 29.8 Å². The van der Waals surface area contributed by atoms with Gasteiger partial charge in [-0.05, 0) is 54.7 Å². The van der Waals surface area contributed by atoms with Gasteiger partial charge in [0.05, 0.1) is 0 Å². The summed E-state index contributed by atoms with van der Waals surface area (Å²) in [6, 6.07) is 11.2. The standard InChI is InChI=1S/C20H21NO3/c1-4-14-8-16-15(9-20(23)24-19(16)10-18(14)22)11-21-17-7-12(2)5-6-13(17)3/h5-10,21-22H,4,11H2,1-3H3. The fraction of sp³-hybridized carbons (Fsp3) is 0.250. The van der Waals surface area contributed by atoms with Gasteiger partial charge >= 0.3 is 5.63 Å². The first-order chi connectivity index (χ1) is 11.5. The number of fused-ring (bicyclic) bond motifs is 1. The monoisotopic (exact) mass is 323 g/mol. The maximum atomic E-state index is 11.8. The molecular weight excluding hydrogens is 302 g/mol.